The molecule has 2 nitrogen and oxygen atoms in total. The molecular weight excluding hydrogens is 268 g/mol. The van der Waals surface area contributed by atoms with Crippen molar-refractivity contribution in [2.24, 2.45) is 0 Å². The van der Waals surface area contributed by atoms with Gasteiger partial charge in [0.15, 0.2) is 0 Å². The van der Waals surface area contributed by atoms with Crippen LogP contribution in [0.3, 0.4) is 0 Å². The number of fused-ring (bicyclic) bond motifs is 1. The number of rotatable bonds is 2. The molecule has 1 atom stereocenters. The normalized spacial score (nSPS) is 22.8. The maximum atomic E-state index is 11.7. The molecule has 0 aromatic heterocycles. The van der Waals surface area contributed by atoms with Crippen molar-refractivity contribution in [2.45, 2.75) is 25.0 Å². The molecule has 0 bridgehead atoms. The van der Waals surface area contributed by atoms with Gasteiger partial charge in [0.1, 0.15) is 5.76 Å². The highest BCUT2D eigenvalue weighted by atomic mass is 32.2. The Bertz CT molecular complexity index is 733. The Kier molecular flexibility index (Phi) is 3.09. The van der Waals surface area contributed by atoms with Crippen LogP contribution >= 0.6 is 11.8 Å². The van der Waals surface area contributed by atoms with Gasteiger partial charge in [0, 0.05) is 5.57 Å². The highest BCUT2D eigenvalue weighted by Gasteiger charge is 2.41. The summed E-state index contributed by atoms with van der Waals surface area (Å²) in [6.07, 6.45) is 0.650. The number of thioether (sulfide) groups is 1. The topological polar surface area (TPSA) is 37.3 Å². The first-order chi connectivity index (χ1) is 9.49. The van der Waals surface area contributed by atoms with Gasteiger partial charge < -0.3 is 5.11 Å². The predicted molar refractivity (Wildman–Crippen MR) is 84.0 cm³/mol. The van der Waals surface area contributed by atoms with Gasteiger partial charge in [-0.15, -0.1) is 0 Å². The molecule has 20 heavy (non-hydrogen) atoms. The first-order valence-corrected chi connectivity index (χ1v) is 7.42. The number of carbonyl (C=O) groups is 1. The van der Waals surface area contributed by atoms with Crippen molar-refractivity contribution >= 4 is 27.6 Å². The van der Waals surface area contributed by atoms with Gasteiger partial charge in [0.25, 0.3) is 0 Å². The van der Waals surface area contributed by atoms with Crippen molar-refractivity contribution in [3.63, 3.8) is 0 Å². The van der Waals surface area contributed by atoms with Crippen molar-refractivity contribution in [2.75, 3.05) is 0 Å². The van der Waals surface area contributed by atoms with E-state index in [1.165, 1.54) is 22.5 Å². The first kappa shape index (κ1) is 13.3. The smallest absolute Gasteiger partial charge is 0.219 e. The van der Waals surface area contributed by atoms with E-state index in [-0.39, 0.29) is 10.9 Å². The fourth-order valence-corrected chi connectivity index (χ4v) is 3.83. The van der Waals surface area contributed by atoms with Crippen LogP contribution in [0.2, 0.25) is 0 Å². The van der Waals surface area contributed by atoms with Crippen LogP contribution in [0, 0.1) is 0 Å². The molecule has 102 valence electrons. The summed E-state index contributed by atoms with van der Waals surface area (Å²) in [6, 6.07) is 14.5. The molecule has 0 aliphatic carbocycles. The molecular formula is C17H16O2S. The molecule has 1 heterocycles. The molecule has 0 saturated carbocycles. The van der Waals surface area contributed by atoms with Gasteiger partial charge >= 0.3 is 0 Å². The molecule has 0 spiro atoms. The van der Waals surface area contributed by atoms with E-state index in [0.717, 1.165) is 5.56 Å². The minimum atomic E-state index is -0.538. The van der Waals surface area contributed by atoms with Crippen LogP contribution < -0.4 is 0 Å². The molecule has 3 heteroatoms. The third-order valence-electron chi connectivity index (χ3n) is 3.84. The van der Waals surface area contributed by atoms with Crippen molar-refractivity contribution in [1.82, 2.24) is 0 Å². The van der Waals surface area contributed by atoms with E-state index in [1.807, 2.05) is 19.1 Å². The summed E-state index contributed by atoms with van der Waals surface area (Å²) in [5.41, 5.74) is 1.62. The number of aliphatic hydroxyl groups excluding tert-OH is 1. The van der Waals surface area contributed by atoms with Gasteiger partial charge in [0.05, 0.1) is 4.75 Å². The van der Waals surface area contributed by atoms with E-state index in [4.69, 9.17) is 0 Å². The van der Waals surface area contributed by atoms with Crippen LogP contribution in [0.1, 0.15) is 19.4 Å². The fourth-order valence-electron chi connectivity index (χ4n) is 2.68. The van der Waals surface area contributed by atoms with Crippen LogP contribution in [0.5, 0.6) is 0 Å². The third kappa shape index (κ3) is 2.12. The molecule has 1 unspecified atom stereocenters. The van der Waals surface area contributed by atoms with Crippen molar-refractivity contribution in [1.29, 1.82) is 0 Å². The number of hydrogen-bond acceptors (Lipinski definition) is 3. The zero-order valence-electron chi connectivity index (χ0n) is 11.5. The Balaban J connectivity index is 1.96. The lowest BCUT2D eigenvalue weighted by Gasteiger charge is -2.22. The summed E-state index contributed by atoms with van der Waals surface area (Å²) in [6.45, 7) is 3.62. The van der Waals surface area contributed by atoms with Crippen molar-refractivity contribution in [3.05, 3.63) is 59.4 Å². The quantitative estimate of drug-likeness (QED) is 0.896. The molecule has 3 rings (SSSR count). The molecule has 1 N–H and O–H groups in total. The molecule has 2 aromatic carbocycles. The van der Waals surface area contributed by atoms with Gasteiger partial charge in [0.2, 0.25) is 5.12 Å². The minimum absolute atomic E-state index is 0.0224. The van der Waals surface area contributed by atoms with E-state index in [2.05, 4.69) is 30.3 Å². The maximum absolute atomic E-state index is 11.7. The summed E-state index contributed by atoms with van der Waals surface area (Å²) < 4.78 is -0.538. The van der Waals surface area contributed by atoms with Gasteiger partial charge in [-0.1, -0.05) is 54.2 Å². The van der Waals surface area contributed by atoms with Crippen LogP contribution in [-0.4, -0.2) is 15.0 Å². The largest absolute Gasteiger partial charge is 0.510 e. The van der Waals surface area contributed by atoms with Gasteiger partial charge in [-0.05, 0) is 36.6 Å². The standard InChI is InChI=1S/C17H16O2S/c1-11-15(18)17(2,20-16(11)19)10-12-7-8-13-5-3-4-6-14(13)9-12/h3-9,18H,10H2,1-2H3. The second-order valence-corrected chi connectivity index (χ2v) is 6.93. The van der Waals surface area contributed by atoms with Crippen LogP contribution in [0.25, 0.3) is 10.8 Å². The van der Waals surface area contributed by atoms with Crippen LogP contribution in [0.15, 0.2) is 53.8 Å². The molecule has 0 saturated heterocycles. The lowest BCUT2D eigenvalue weighted by molar-refractivity contribution is -0.107. The summed E-state index contributed by atoms with van der Waals surface area (Å²) in [4.78, 5) is 11.7. The lowest BCUT2D eigenvalue weighted by Crippen LogP contribution is -2.23. The monoisotopic (exact) mass is 284 g/mol. The van der Waals surface area contributed by atoms with Crippen molar-refractivity contribution in [3.8, 4) is 0 Å². The number of carbonyl (C=O) groups excluding carboxylic acids is 1. The first-order valence-electron chi connectivity index (χ1n) is 6.61. The highest BCUT2D eigenvalue weighted by Crippen LogP contribution is 2.44. The minimum Gasteiger partial charge on any atom is -0.510 e. The van der Waals surface area contributed by atoms with Gasteiger partial charge in [-0.3, -0.25) is 4.79 Å². The predicted octanol–water partition coefficient (Wildman–Crippen LogP) is 4.25. The zero-order valence-corrected chi connectivity index (χ0v) is 12.3. The molecule has 0 radical (unpaired) electrons. The number of aliphatic hydroxyl groups is 1. The Morgan fingerprint density at radius 3 is 2.50 bits per heavy atom. The van der Waals surface area contributed by atoms with Crippen LogP contribution in [0.4, 0.5) is 0 Å². The average molecular weight is 284 g/mol. The van der Waals surface area contributed by atoms with E-state index in [1.54, 1.807) is 6.92 Å². The molecule has 1 aliphatic rings. The van der Waals surface area contributed by atoms with Crippen molar-refractivity contribution < 1.29 is 9.90 Å². The highest BCUT2D eigenvalue weighted by molar-refractivity contribution is 8.15. The Labute approximate surface area is 122 Å². The summed E-state index contributed by atoms with van der Waals surface area (Å²) >= 11 is 1.22. The SMILES string of the molecule is CC1=C(O)C(C)(Cc2ccc3ccccc3c2)SC1=O. The lowest BCUT2D eigenvalue weighted by atomic mass is 9.95. The van der Waals surface area contributed by atoms with E-state index in [0.29, 0.717) is 12.0 Å². The van der Waals surface area contributed by atoms with Gasteiger partial charge in [-0.2, -0.15) is 0 Å². The summed E-state index contributed by atoms with van der Waals surface area (Å²) in [5.74, 6) is 0.223. The molecule has 0 amide bonds. The molecule has 0 fully saturated rings. The average Bonchev–Trinajstić information content (AvgIpc) is 2.62. The van der Waals surface area contributed by atoms with E-state index < -0.39 is 4.75 Å². The second-order valence-electron chi connectivity index (χ2n) is 5.45. The Morgan fingerprint density at radius 2 is 1.85 bits per heavy atom. The molecule has 1 aliphatic heterocycles. The third-order valence-corrected chi connectivity index (χ3v) is 5.12. The summed E-state index contributed by atoms with van der Waals surface area (Å²) in [7, 11) is 0. The van der Waals surface area contributed by atoms with Crippen LogP contribution in [-0.2, 0) is 11.2 Å². The number of hydrogen-bond donors (Lipinski definition) is 1. The van der Waals surface area contributed by atoms with E-state index in [9.17, 15) is 9.90 Å². The number of benzene rings is 2. The zero-order chi connectivity index (χ0) is 14.3. The Hall–Kier alpha value is -1.74. The fraction of sp³-hybridized carbons (Fsp3) is 0.235. The summed E-state index contributed by atoms with van der Waals surface area (Å²) in [5, 5.41) is 12.6. The maximum Gasteiger partial charge on any atom is 0.219 e. The van der Waals surface area contributed by atoms with E-state index >= 15 is 0 Å². The Morgan fingerprint density at radius 1 is 1.15 bits per heavy atom. The van der Waals surface area contributed by atoms with Gasteiger partial charge in [-0.25, -0.2) is 0 Å². The molecule has 2 aromatic rings. The second kappa shape index (κ2) is 4.67.